The molecular formula is C19H19Cl2N3O4. The molecule has 2 amide bonds. The molecule has 0 saturated heterocycles. The summed E-state index contributed by atoms with van der Waals surface area (Å²) in [5.74, 6) is 0.406. The van der Waals surface area contributed by atoms with Crippen LogP contribution in [0.4, 0.5) is 5.69 Å². The number of rotatable bonds is 8. The van der Waals surface area contributed by atoms with Crippen LogP contribution in [0.2, 0.25) is 10.0 Å². The van der Waals surface area contributed by atoms with Gasteiger partial charge in [0.2, 0.25) is 11.8 Å². The van der Waals surface area contributed by atoms with Gasteiger partial charge in [0.15, 0.2) is 11.5 Å². The molecule has 0 aliphatic heterocycles. The predicted octanol–water partition coefficient (Wildman–Crippen LogP) is 3.88. The van der Waals surface area contributed by atoms with Gasteiger partial charge < -0.3 is 14.8 Å². The second-order valence-corrected chi connectivity index (χ2v) is 6.42. The van der Waals surface area contributed by atoms with Crippen molar-refractivity contribution in [3.05, 3.63) is 52.0 Å². The quantitative estimate of drug-likeness (QED) is 0.497. The van der Waals surface area contributed by atoms with Crippen LogP contribution >= 0.6 is 23.2 Å². The molecule has 0 aromatic heterocycles. The van der Waals surface area contributed by atoms with Crippen LogP contribution in [0, 0.1) is 0 Å². The Bertz CT molecular complexity index is 887. The number of carbonyl (C=O) groups is 2. The van der Waals surface area contributed by atoms with Crippen molar-refractivity contribution in [3.63, 3.8) is 0 Å². The van der Waals surface area contributed by atoms with E-state index in [0.717, 1.165) is 0 Å². The van der Waals surface area contributed by atoms with Crippen molar-refractivity contribution in [2.45, 2.75) is 12.8 Å². The largest absolute Gasteiger partial charge is 0.493 e. The van der Waals surface area contributed by atoms with Gasteiger partial charge in [0, 0.05) is 17.9 Å². The number of amides is 2. The molecule has 0 aliphatic rings. The average Bonchev–Trinajstić information content (AvgIpc) is 2.68. The van der Waals surface area contributed by atoms with Crippen molar-refractivity contribution >= 4 is 46.9 Å². The van der Waals surface area contributed by atoms with E-state index in [1.165, 1.54) is 19.4 Å². The lowest BCUT2D eigenvalue weighted by Gasteiger charge is -2.07. The Morgan fingerprint density at radius 3 is 2.39 bits per heavy atom. The highest BCUT2D eigenvalue weighted by atomic mass is 35.5. The monoisotopic (exact) mass is 423 g/mol. The number of anilines is 1. The van der Waals surface area contributed by atoms with Crippen molar-refractivity contribution in [3.8, 4) is 11.5 Å². The van der Waals surface area contributed by atoms with Gasteiger partial charge in [-0.1, -0.05) is 23.2 Å². The second kappa shape index (κ2) is 10.5. The Balaban J connectivity index is 1.80. The molecule has 7 nitrogen and oxygen atoms in total. The highest BCUT2D eigenvalue weighted by molar-refractivity contribution is 6.36. The normalized spacial score (nSPS) is 10.6. The van der Waals surface area contributed by atoms with Gasteiger partial charge in [0.05, 0.1) is 31.1 Å². The van der Waals surface area contributed by atoms with E-state index in [1.807, 2.05) is 0 Å². The first kappa shape index (κ1) is 21.5. The number of ether oxygens (including phenoxy) is 2. The molecule has 0 fully saturated rings. The third-order valence-electron chi connectivity index (χ3n) is 3.59. The van der Waals surface area contributed by atoms with E-state index in [9.17, 15) is 9.59 Å². The third-order valence-corrected chi connectivity index (χ3v) is 4.14. The molecule has 2 N–H and O–H groups in total. The van der Waals surface area contributed by atoms with Crippen LogP contribution < -0.4 is 20.2 Å². The Morgan fingerprint density at radius 2 is 1.71 bits per heavy atom. The van der Waals surface area contributed by atoms with Crippen LogP contribution in [-0.4, -0.2) is 32.2 Å². The molecule has 0 radical (unpaired) electrons. The van der Waals surface area contributed by atoms with E-state index < -0.39 is 5.91 Å². The van der Waals surface area contributed by atoms with Crippen LogP contribution in [0.3, 0.4) is 0 Å². The molecule has 28 heavy (non-hydrogen) atoms. The molecule has 148 valence electrons. The van der Waals surface area contributed by atoms with Gasteiger partial charge in [-0.05, 0) is 42.0 Å². The zero-order valence-corrected chi connectivity index (χ0v) is 16.8. The topological polar surface area (TPSA) is 89.0 Å². The summed E-state index contributed by atoms with van der Waals surface area (Å²) < 4.78 is 10.3. The first-order valence-electron chi connectivity index (χ1n) is 8.21. The average molecular weight is 424 g/mol. The highest BCUT2D eigenvalue weighted by Crippen LogP contribution is 2.27. The first-order chi connectivity index (χ1) is 13.4. The minimum Gasteiger partial charge on any atom is -0.493 e. The van der Waals surface area contributed by atoms with Gasteiger partial charge >= 0.3 is 0 Å². The summed E-state index contributed by atoms with van der Waals surface area (Å²) in [5.41, 5.74) is 3.52. The molecule has 0 heterocycles. The minimum atomic E-state index is -0.394. The van der Waals surface area contributed by atoms with Crippen LogP contribution in [0.5, 0.6) is 11.5 Å². The summed E-state index contributed by atoms with van der Waals surface area (Å²) in [6, 6.07) is 9.94. The van der Waals surface area contributed by atoms with E-state index >= 15 is 0 Å². The number of methoxy groups -OCH3 is 2. The Hall–Kier alpha value is -2.77. The predicted molar refractivity (Wildman–Crippen MR) is 110 cm³/mol. The van der Waals surface area contributed by atoms with Crippen LogP contribution in [-0.2, 0) is 9.59 Å². The van der Waals surface area contributed by atoms with Crippen molar-refractivity contribution in [2.24, 2.45) is 5.10 Å². The fourth-order valence-corrected chi connectivity index (χ4v) is 2.65. The SMILES string of the molecule is COc1ccc(C=NNC(=O)CCC(=O)Nc2ccc(Cl)cc2Cl)cc1OC. The summed E-state index contributed by atoms with van der Waals surface area (Å²) in [7, 11) is 3.08. The summed E-state index contributed by atoms with van der Waals surface area (Å²) in [6.45, 7) is 0. The zero-order valence-electron chi connectivity index (χ0n) is 15.3. The molecule has 2 aromatic rings. The van der Waals surface area contributed by atoms with Crippen LogP contribution in [0.1, 0.15) is 18.4 Å². The van der Waals surface area contributed by atoms with E-state index in [2.05, 4.69) is 15.8 Å². The smallest absolute Gasteiger partial charge is 0.240 e. The number of hydrazone groups is 1. The second-order valence-electron chi connectivity index (χ2n) is 5.58. The van der Waals surface area contributed by atoms with Gasteiger partial charge in [-0.15, -0.1) is 0 Å². The van der Waals surface area contributed by atoms with E-state index in [1.54, 1.807) is 37.4 Å². The number of hydrogen-bond donors (Lipinski definition) is 2. The molecule has 0 unspecified atom stereocenters. The van der Waals surface area contributed by atoms with E-state index in [-0.39, 0.29) is 18.7 Å². The van der Waals surface area contributed by atoms with Crippen LogP contribution in [0.15, 0.2) is 41.5 Å². The molecule has 2 rings (SSSR count). The number of nitrogens with one attached hydrogen (secondary N) is 2. The van der Waals surface area contributed by atoms with Crippen molar-refractivity contribution in [2.75, 3.05) is 19.5 Å². The van der Waals surface area contributed by atoms with Gasteiger partial charge in [-0.2, -0.15) is 5.10 Å². The summed E-state index contributed by atoms with van der Waals surface area (Å²) in [6.07, 6.45) is 1.42. The summed E-state index contributed by atoms with van der Waals surface area (Å²) in [4.78, 5) is 23.8. The van der Waals surface area contributed by atoms with Crippen LogP contribution in [0.25, 0.3) is 0 Å². The molecule has 0 saturated carbocycles. The molecule has 0 aliphatic carbocycles. The number of benzene rings is 2. The van der Waals surface area contributed by atoms with Gasteiger partial charge in [-0.25, -0.2) is 5.43 Å². The fraction of sp³-hybridized carbons (Fsp3) is 0.211. The minimum absolute atomic E-state index is 0.0172. The van der Waals surface area contributed by atoms with E-state index in [4.69, 9.17) is 32.7 Å². The number of halogens is 2. The molecule has 9 heteroatoms. The highest BCUT2D eigenvalue weighted by Gasteiger charge is 2.09. The molecule has 2 aromatic carbocycles. The molecular weight excluding hydrogens is 405 g/mol. The van der Waals surface area contributed by atoms with Crippen molar-refractivity contribution in [1.82, 2.24) is 5.43 Å². The first-order valence-corrected chi connectivity index (χ1v) is 8.97. The maximum Gasteiger partial charge on any atom is 0.240 e. The molecule has 0 spiro atoms. The maximum atomic E-state index is 11.9. The lowest BCUT2D eigenvalue weighted by Crippen LogP contribution is -2.20. The van der Waals surface area contributed by atoms with Gasteiger partial charge in [-0.3, -0.25) is 9.59 Å². The standard InChI is InChI=1S/C19H19Cl2N3O4/c1-27-16-6-3-12(9-17(16)28-2)11-22-24-19(26)8-7-18(25)23-15-5-4-13(20)10-14(15)21/h3-6,9-11H,7-8H2,1-2H3,(H,23,25)(H,24,26). The third kappa shape index (κ3) is 6.44. The molecule has 0 bridgehead atoms. The maximum absolute atomic E-state index is 11.9. The molecule has 0 atom stereocenters. The Morgan fingerprint density at radius 1 is 1.00 bits per heavy atom. The van der Waals surface area contributed by atoms with Crippen molar-refractivity contribution in [1.29, 1.82) is 0 Å². The Labute approximate surface area is 172 Å². The lowest BCUT2D eigenvalue weighted by atomic mass is 10.2. The van der Waals surface area contributed by atoms with Gasteiger partial charge in [0.25, 0.3) is 0 Å². The Kier molecular flexibility index (Phi) is 8.10. The fourth-order valence-electron chi connectivity index (χ4n) is 2.20. The summed E-state index contributed by atoms with van der Waals surface area (Å²) >= 11 is 11.8. The number of hydrogen-bond acceptors (Lipinski definition) is 5. The lowest BCUT2D eigenvalue weighted by molar-refractivity contribution is -0.124. The van der Waals surface area contributed by atoms with Crippen molar-refractivity contribution < 1.29 is 19.1 Å². The van der Waals surface area contributed by atoms with E-state index in [0.29, 0.717) is 32.8 Å². The van der Waals surface area contributed by atoms with Gasteiger partial charge in [0.1, 0.15) is 0 Å². The number of carbonyl (C=O) groups excluding carboxylic acids is 2. The number of nitrogens with zero attached hydrogens (tertiary/aromatic N) is 1. The zero-order chi connectivity index (χ0) is 20.5. The summed E-state index contributed by atoms with van der Waals surface area (Å²) in [5, 5.41) is 7.29.